The van der Waals surface area contributed by atoms with E-state index < -0.39 is 28.3 Å². The van der Waals surface area contributed by atoms with Crippen molar-refractivity contribution in [3.63, 3.8) is 0 Å². The second kappa shape index (κ2) is 7.09. The van der Waals surface area contributed by atoms with Crippen LogP contribution in [-0.2, 0) is 9.53 Å². The van der Waals surface area contributed by atoms with Gasteiger partial charge in [-0.2, -0.15) is 0 Å². The highest BCUT2D eigenvalue weighted by atomic mass is 32.2. The highest BCUT2D eigenvalue weighted by molar-refractivity contribution is 7.99. The van der Waals surface area contributed by atoms with Gasteiger partial charge in [0.05, 0.1) is 31.1 Å². The molecule has 0 saturated carbocycles. The van der Waals surface area contributed by atoms with Crippen LogP contribution in [0, 0.1) is 21.8 Å². The number of nitro benzene ring substituents is 1. The first-order chi connectivity index (χ1) is 9.40. The molecule has 0 N–H and O–H groups in total. The summed E-state index contributed by atoms with van der Waals surface area (Å²) in [6.45, 7) is 1.65. The molecule has 0 bridgehead atoms. The van der Waals surface area contributed by atoms with Gasteiger partial charge in [-0.15, -0.1) is 11.8 Å². The Balaban J connectivity index is 2.91. The molecule has 0 aliphatic rings. The lowest BCUT2D eigenvalue weighted by Crippen LogP contribution is -2.14. The van der Waals surface area contributed by atoms with Crippen molar-refractivity contribution >= 4 is 23.4 Å². The number of carbonyl (C=O) groups excluding carboxylic acids is 1. The third-order valence-electron chi connectivity index (χ3n) is 2.52. The first-order valence-corrected chi connectivity index (χ1v) is 6.61. The van der Waals surface area contributed by atoms with Crippen molar-refractivity contribution in [2.45, 2.75) is 11.8 Å². The zero-order valence-corrected chi connectivity index (χ0v) is 12.0. The number of ether oxygens (including phenoxy) is 2. The Hall–Kier alpha value is -1.83. The SMILES string of the molecule is COC(=O)C(C)CSc1cc(OC)c([N+](=O)[O-])cc1F. The van der Waals surface area contributed by atoms with Crippen molar-refractivity contribution in [3.8, 4) is 5.75 Å². The molecular formula is C12H14FNO5S. The summed E-state index contributed by atoms with van der Waals surface area (Å²) in [5.74, 6) is -1.26. The fraction of sp³-hybridized carbons (Fsp3) is 0.417. The zero-order valence-electron chi connectivity index (χ0n) is 11.2. The topological polar surface area (TPSA) is 78.7 Å². The molecule has 1 aromatic rings. The van der Waals surface area contributed by atoms with Crippen LogP contribution in [0.4, 0.5) is 10.1 Å². The number of nitrogens with zero attached hydrogens (tertiary/aromatic N) is 1. The molecule has 1 atom stereocenters. The number of thioether (sulfide) groups is 1. The smallest absolute Gasteiger partial charge is 0.313 e. The first-order valence-electron chi connectivity index (χ1n) is 5.63. The van der Waals surface area contributed by atoms with E-state index in [1.54, 1.807) is 6.92 Å². The Morgan fingerprint density at radius 3 is 2.65 bits per heavy atom. The third kappa shape index (κ3) is 3.83. The third-order valence-corrected chi connectivity index (χ3v) is 3.81. The van der Waals surface area contributed by atoms with Crippen LogP contribution < -0.4 is 4.74 Å². The number of benzene rings is 1. The van der Waals surface area contributed by atoms with E-state index in [-0.39, 0.29) is 10.6 Å². The van der Waals surface area contributed by atoms with Crippen molar-refractivity contribution in [1.29, 1.82) is 0 Å². The fourth-order valence-corrected chi connectivity index (χ4v) is 2.38. The predicted octanol–water partition coefficient (Wildman–Crippen LogP) is 2.64. The average molecular weight is 303 g/mol. The van der Waals surface area contributed by atoms with Gasteiger partial charge in [0.1, 0.15) is 5.82 Å². The molecule has 8 heteroatoms. The van der Waals surface area contributed by atoms with Crippen molar-refractivity contribution in [2.24, 2.45) is 5.92 Å². The van der Waals surface area contributed by atoms with Crippen LogP contribution in [0.2, 0.25) is 0 Å². The van der Waals surface area contributed by atoms with Crippen molar-refractivity contribution < 1.29 is 23.6 Å². The highest BCUT2D eigenvalue weighted by Gasteiger charge is 2.21. The summed E-state index contributed by atoms with van der Waals surface area (Å²) in [5, 5.41) is 10.7. The Bertz CT molecular complexity index is 523. The summed E-state index contributed by atoms with van der Waals surface area (Å²) in [6, 6.07) is 2.06. The number of methoxy groups -OCH3 is 2. The van der Waals surface area contributed by atoms with E-state index in [1.165, 1.54) is 20.3 Å². The van der Waals surface area contributed by atoms with E-state index >= 15 is 0 Å². The minimum atomic E-state index is -0.723. The molecule has 0 saturated heterocycles. The quantitative estimate of drug-likeness (QED) is 0.348. The van der Waals surface area contributed by atoms with Gasteiger partial charge in [0.2, 0.25) is 0 Å². The van der Waals surface area contributed by atoms with Crippen molar-refractivity contribution in [2.75, 3.05) is 20.0 Å². The second-order valence-corrected chi connectivity index (χ2v) is 5.01. The van der Waals surface area contributed by atoms with E-state index in [9.17, 15) is 19.3 Å². The van der Waals surface area contributed by atoms with Crippen molar-refractivity contribution in [1.82, 2.24) is 0 Å². The number of nitro groups is 1. The van der Waals surface area contributed by atoms with Crippen LogP contribution in [0.25, 0.3) is 0 Å². The van der Waals surface area contributed by atoms with Gasteiger partial charge in [-0.05, 0) is 0 Å². The van der Waals surface area contributed by atoms with E-state index in [4.69, 9.17) is 4.74 Å². The maximum atomic E-state index is 13.8. The minimum absolute atomic E-state index is 0.0235. The highest BCUT2D eigenvalue weighted by Crippen LogP contribution is 2.34. The molecule has 0 fully saturated rings. The lowest BCUT2D eigenvalue weighted by molar-refractivity contribution is -0.386. The molecule has 1 rings (SSSR count). The maximum absolute atomic E-state index is 13.8. The van der Waals surface area contributed by atoms with Gasteiger partial charge in [-0.25, -0.2) is 4.39 Å². The summed E-state index contributed by atoms with van der Waals surface area (Å²) >= 11 is 1.07. The Kier molecular flexibility index (Phi) is 5.75. The monoisotopic (exact) mass is 303 g/mol. The van der Waals surface area contributed by atoms with Crippen LogP contribution in [0.5, 0.6) is 5.75 Å². The van der Waals surface area contributed by atoms with Crippen LogP contribution in [0.3, 0.4) is 0 Å². The van der Waals surface area contributed by atoms with Gasteiger partial charge in [-0.1, -0.05) is 6.92 Å². The second-order valence-electron chi connectivity index (χ2n) is 3.95. The van der Waals surface area contributed by atoms with Gasteiger partial charge in [-0.3, -0.25) is 14.9 Å². The molecule has 0 amide bonds. The number of halogens is 1. The Labute approximate surface area is 119 Å². The summed E-state index contributed by atoms with van der Waals surface area (Å²) in [5.41, 5.74) is -0.435. The lowest BCUT2D eigenvalue weighted by atomic mass is 10.2. The molecule has 0 spiro atoms. The molecule has 110 valence electrons. The number of rotatable bonds is 6. The van der Waals surface area contributed by atoms with Crippen LogP contribution in [-0.4, -0.2) is 30.9 Å². The van der Waals surface area contributed by atoms with Gasteiger partial charge in [0.15, 0.2) is 5.75 Å². The van der Waals surface area contributed by atoms with Crippen molar-refractivity contribution in [3.05, 3.63) is 28.1 Å². The summed E-state index contributed by atoms with van der Waals surface area (Å²) in [7, 11) is 2.55. The molecule has 1 aromatic carbocycles. The van der Waals surface area contributed by atoms with Crippen LogP contribution >= 0.6 is 11.8 Å². The van der Waals surface area contributed by atoms with Gasteiger partial charge < -0.3 is 9.47 Å². The summed E-state index contributed by atoms with van der Waals surface area (Å²) < 4.78 is 23.2. The van der Waals surface area contributed by atoms with Gasteiger partial charge >= 0.3 is 11.7 Å². The number of hydrogen-bond donors (Lipinski definition) is 0. The molecule has 0 aliphatic carbocycles. The Morgan fingerprint density at radius 2 is 2.15 bits per heavy atom. The van der Waals surface area contributed by atoms with Crippen LogP contribution in [0.15, 0.2) is 17.0 Å². The zero-order chi connectivity index (χ0) is 15.3. The predicted molar refractivity (Wildman–Crippen MR) is 71.5 cm³/mol. The maximum Gasteiger partial charge on any atom is 0.313 e. The molecular weight excluding hydrogens is 289 g/mol. The number of carbonyl (C=O) groups is 1. The molecule has 0 aromatic heterocycles. The molecule has 0 radical (unpaired) electrons. The van der Waals surface area contributed by atoms with Crippen LogP contribution in [0.1, 0.15) is 6.92 Å². The fourth-order valence-electron chi connectivity index (χ4n) is 1.43. The first kappa shape index (κ1) is 16.2. The van der Waals surface area contributed by atoms with Gasteiger partial charge in [0, 0.05) is 16.7 Å². The molecule has 0 heterocycles. The number of esters is 1. The van der Waals surface area contributed by atoms with E-state index in [0.29, 0.717) is 5.75 Å². The summed E-state index contributed by atoms with van der Waals surface area (Å²) in [4.78, 5) is 21.4. The normalized spacial score (nSPS) is 11.8. The minimum Gasteiger partial charge on any atom is -0.490 e. The molecule has 1 unspecified atom stereocenters. The summed E-state index contributed by atoms with van der Waals surface area (Å²) in [6.07, 6.45) is 0. The van der Waals surface area contributed by atoms with Gasteiger partial charge in [0.25, 0.3) is 0 Å². The lowest BCUT2D eigenvalue weighted by Gasteiger charge is -2.10. The van der Waals surface area contributed by atoms with E-state index in [1.807, 2.05) is 0 Å². The Morgan fingerprint density at radius 1 is 1.50 bits per heavy atom. The standard InChI is InChI=1S/C12H14FNO5S/c1-7(12(15)19-3)6-20-11-5-10(18-2)9(14(16)17)4-8(11)13/h4-5,7H,6H2,1-3H3. The van der Waals surface area contributed by atoms with E-state index in [0.717, 1.165) is 17.8 Å². The number of hydrogen-bond acceptors (Lipinski definition) is 6. The average Bonchev–Trinajstić information content (AvgIpc) is 2.44. The van der Waals surface area contributed by atoms with E-state index in [2.05, 4.69) is 4.74 Å². The molecule has 20 heavy (non-hydrogen) atoms. The molecule has 6 nitrogen and oxygen atoms in total. The largest absolute Gasteiger partial charge is 0.490 e. The molecule has 0 aliphatic heterocycles.